The highest BCUT2D eigenvalue weighted by Gasteiger charge is 2.23. The zero-order valence-corrected chi connectivity index (χ0v) is 18.2. The first-order chi connectivity index (χ1) is 15.9. The molecule has 4 N–H and O–H groups in total. The SMILES string of the molecule is COc1ccc(F)cc1-c1nc(C(=O)Cc2cnccc2N2CCC[C@H](N)C2)c(N)cc1F. The quantitative estimate of drug-likeness (QED) is 0.551. The van der Waals surface area contributed by atoms with E-state index in [0.29, 0.717) is 12.1 Å². The average molecular weight is 453 g/mol. The molecule has 0 radical (unpaired) electrons. The lowest BCUT2D eigenvalue weighted by Gasteiger charge is -2.33. The Balaban J connectivity index is 1.68. The average Bonchev–Trinajstić information content (AvgIpc) is 2.79. The van der Waals surface area contributed by atoms with Crippen LogP contribution in [0.2, 0.25) is 0 Å². The van der Waals surface area contributed by atoms with Gasteiger partial charge in [-0.3, -0.25) is 9.78 Å². The number of aromatic nitrogens is 2. The van der Waals surface area contributed by atoms with E-state index in [0.717, 1.165) is 37.2 Å². The van der Waals surface area contributed by atoms with Crippen LogP contribution in [0.1, 0.15) is 28.9 Å². The largest absolute Gasteiger partial charge is 0.496 e. The molecule has 3 heterocycles. The fraction of sp³-hybridized carbons (Fsp3) is 0.292. The van der Waals surface area contributed by atoms with Gasteiger partial charge in [0, 0.05) is 60.8 Å². The van der Waals surface area contributed by atoms with Crippen LogP contribution in [-0.2, 0) is 6.42 Å². The molecule has 7 nitrogen and oxygen atoms in total. The van der Waals surface area contributed by atoms with Crippen molar-refractivity contribution in [3.8, 4) is 17.0 Å². The molecule has 1 fully saturated rings. The van der Waals surface area contributed by atoms with Crippen LogP contribution in [0.4, 0.5) is 20.2 Å². The van der Waals surface area contributed by atoms with Gasteiger partial charge in [-0.15, -0.1) is 0 Å². The molecule has 9 heteroatoms. The Kier molecular flexibility index (Phi) is 6.50. The number of ketones is 1. The van der Waals surface area contributed by atoms with Crippen molar-refractivity contribution in [3.05, 3.63) is 65.6 Å². The molecule has 0 unspecified atom stereocenters. The molecular formula is C24H25F2N5O2. The van der Waals surface area contributed by atoms with Crippen molar-refractivity contribution in [2.75, 3.05) is 30.8 Å². The molecule has 0 saturated carbocycles. The van der Waals surface area contributed by atoms with Crippen molar-refractivity contribution < 1.29 is 18.3 Å². The fourth-order valence-corrected chi connectivity index (χ4v) is 4.13. The van der Waals surface area contributed by atoms with E-state index in [9.17, 15) is 13.6 Å². The second-order valence-corrected chi connectivity index (χ2v) is 8.05. The van der Waals surface area contributed by atoms with Gasteiger partial charge in [0.2, 0.25) is 0 Å². The molecule has 0 spiro atoms. The number of Topliss-reactive ketones (excluding diaryl/α,β-unsaturated/α-hetero) is 1. The molecular weight excluding hydrogens is 428 g/mol. The molecule has 172 valence electrons. The maximum atomic E-state index is 14.7. The third-order valence-corrected chi connectivity index (χ3v) is 5.71. The molecule has 33 heavy (non-hydrogen) atoms. The van der Waals surface area contributed by atoms with E-state index in [1.165, 1.54) is 19.2 Å². The van der Waals surface area contributed by atoms with Crippen LogP contribution in [0.3, 0.4) is 0 Å². The number of pyridine rings is 2. The molecule has 1 aliphatic rings. The Morgan fingerprint density at radius 1 is 1.27 bits per heavy atom. The van der Waals surface area contributed by atoms with Gasteiger partial charge in [0.15, 0.2) is 11.6 Å². The second kappa shape index (κ2) is 9.50. The standard InChI is InChI=1S/C24H25F2N5O2/c1-33-22-5-4-15(25)10-17(22)23-18(26)11-19(28)24(30-23)21(32)9-14-12-29-7-6-20(14)31-8-2-3-16(27)13-31/h4-7,10-12,16H,2-3,8-9,13,27-28H2,1H3/t16-/m0/s1. The van der Waals surface area contributed by atoms with Crippen molar-refractivity contribution in [2.45, 2.75) is 25.3 Å². The zero-order chi connectivity index (χ0) is 23.5. The van der Waals surface area contributed by atoms with Gasteiger partial charge in [-0.25, -0.2) is 13.8 Å². The van der Waals surface area contributed by atoms with Gasteiger partial charge in [-0.1, -0.05) is 0 Å². The molecule has 3 aromatic rings. The number of nitrogens with zero attached hydrogens (tertiary/aromatic N) is 3. The zero-order valence-electron chi connectivity index (χ0n) is 18.2. The molecule has 0 bridgehead atoms. The Morgan fingerprint density at radius 2 is 2.09 bits per heavy atom. The summed E-state index contributed by atoms with van der Waals surface area (Å²) in [6, 6.07) is 6.61. The highest BCUT2D eigenvalue weighted by molar-refractivity contribution is 6.01. The Bertz CT molecular complexity index is 1190. The first kappa shape index (κ1) is 22.6. The summed E-state index contributed by atoms with van der Waals surface area (Å²) in [4.78, 5) is 23.7. The number of nitrogens with two attached hydrogens (primary N) is 2. The number of hydrogen-bond donors (Lipinski definition) is 2. The third kappa shape index (κ3) is 4.78. The van der Waals surface area contributed by atoms with E-state index in [2.05, 4.69) is 14.9 Å². The van der Waals surface area contributed by atoms with Gasteiger partial charge >= 0.3 is 0 Å². The smallest absolute Gasteiger partial charge is 0.187 e. The minimum atomic E-state index is -0.780. The van der Waals surface area contributed by atoms with Crippen LogP contribution in [0.15, 0.2) is 42.7 Å². The van der Waals surface area contributed by atoms with E-state index in [1.54, 1.807) is 12.4 Å². The van der Waals surface area contributed by atoms with Crippen LogP contribution in [-0.4, -0.2) is 42.0 Å². The highest BCUT2D eigenvalue weighted by Crippen LogP contribution is 2.33. The number of benzene rings is 1. The number of anilines is 2. The van der Waals surface area contributed by atoms with Gasteiger partial charge < -0.3 is 21.1 Å². The summed E-state index contributed by atoms with van der Waals surface area (Å²) in [5, 5.41) is 0. The molecule has 1 aromatic carbocycles. The second-order valence-electron chi connectivity index (χ2n) is 8.05. The van der Waals surface area contributed by atoms with E-state index in [4.69, 9.17) is 16.2 Å². The van der Waals surface area contributed by atoms with Crippen LogP contribution >= 0.6 is 0 Å². The summed E-state index contributed by atoms with van der Waals surface area (Å²) in [6.45, 7) is 1.52. The number of nitrogen functional groups attached to an aromatic ring is 1. The highest BCUT2D eigenvalue weighted by atomic mass is 19.1. The van der Waals surface area contributed by atoms with E-state index in [-0.39, 0.29) is 40.9 Å². The lowest BCUT2D eigenvalue weighted by molar-refractivity contribution is 0.0989. The number of halogens is 2. The maximum absolute atomic E-state index is 14.7. The minimum Gasteiger partial charge on any atom is -0.496 e. The number of methoxy groups -OCH3 is 1. The van der Waals surface area contributed by atoms with E-state index < -0.39 is 17.4 Å². The predicted octanol–water partition coefficient (Wildman–Crippen LogP) is 3.37. The maximum Gasteiger partial charge on any atom is 0.187 e. The molecule has 0 amide bonds. The summed E-state index contributed by atoms with van der Waals surface area (Å²) < 4.78 is 33.8. The Labute approximate surface area is 190 Å². The van der Waals surface area contributed by atoms with Gasteiger partial charge in [0.1, 0.15) is 23.0 Å². The Morgan fingerprint density at radius 3 is 2.85 bits per heavy atom. The molecule has 0 aliphatic carbocycles. The van der Waals surface area contributed by atoms with Gasteiger partial charge in [-0.2, -0.15) is 0 Å². The van der Waals surface area contributed by atoms with Crippen molar-refractivity contribution in [1.29, 1.82) is 0 Å². The first-order valence-corrected chi connectivity index (χ1v) is 10.6. The van der Waals surface area contributed by atoms with Crippen LogP contribution in [0, 0.1) is 11.6 Å². The normalized spacial score (nSPS) is 16.0. The van der Waals surface area contributed by atoms with Gasteiger partial charge in [0.05, 0.1) is 12.8 Å². The number of carbonyl (C=O) groups is 1. The van der Waals surface area contributed by atoms with Crippen molar-refractivity contribution in [3.63, 3.8) is 0 Å². The lowest BCUT2D eigenvalue weighted by atomic mass is 10.0. The number of piperidine rings is 1. The third-order valence-electron chi connectivity index (χ3n) is 5.71. The summed E-state index contributed by atoms with van der Waals surface area (Å²) >= 11 is 0. The molecule has 1 saturated heterocycles. The fourth-order valence-electron chi connectivity index (χ4n) is 4.13. The molecule has 2 aromatic heterocycles. The molecule has 4 rings (SSSR count). The van der Waals surface area contributed by atoms with Crippen molar-refractivity contribution in [2.24, 2.45) is 5.73 Å². The van der Waals surface area contributed by atoms with Crippen molar-refractivity contribution >= 4 is 17.2 Å². The minimum absolute atomic E-state index is 0.0303. The summed E-state index contributed by atoms with van der Waals surface area (Å²) in [5.74, 6) is -1.55. The first-order valence-electron chi connectivity index (χ1n) is 10.6. The van der Waals surface area contributed by atoms with E-state index in [1.807, 2.05) is 6.07 Å². The van der Waals surface area contributed by atoms with Crippen LogP contribution in [0.25, 0.3) is 11.3 Å². The predicted molar refractivity (Wildman–Crippen MR) is 122 cm³/mol. The van der Waals surface area contributed by atoms with Crippen LogP contribution in [0.5, 0.6) is 5.75 Å². The molecule has 1 aliphatic heterocycles. The summed E-state index contributed by atoms with van der Waals surface area (Å²) in [7, 11) is 1.38. The number of rotatable bonds is 6. The van der Waals surface area contributed by atoms with Crippen molar-refractivity contribution in [1.82, 2.24) is 9.97 Å². The van der Waals surface area contributed by atoms with Crippen LogP contribution < -0.4 is 21.1 Å². The summed E-state index contributed by atoms with van der Waals surface area (Å²) in [6.07, 6.45) is 5.18. The number of ether oxygens (including phenoxy) is 1. The monoisotopic (exact) mass is 453 g/mol. The number of hydrogen-bond acceptors (Lipinski definition) is 7. The van der Waals surface area contributed by atoms with E-state index >= 15 is 0 Å². The summed E-state index contributed by atoms with van der Waals surface area (Å²) in [5.41, 5.74) is 13.3. The lowest BCUT2D eigenvalue weighted by Crippen LogP contribution is -2.43. The van der Waals surface area contributed by atoms with Gasteiger partial charge in [0.25, 0.3) is 0 Å². The Hall–Kier alpha value is -3.59. The van der Waals surface area contributed by atoms with Gasteiger partial charge in [-0.05, 0) is 37.1 Å². The molecule has 1 atom stereocenters. The number of carbonyl (C=O) groups excluding carboxylic acids is 1. The topological polar surface area (TPSA) is 107 Å².